The Hall–Kier alpha value is -0.860. The molecule has 1 aliphatic rings. The van der Waals surface area contributed by atoms with Gasteiger partial charge in [0.2, 0.25) is 5.91 Å². The van der Waals surface area contributed by atoms with Gasteiger partial charge in [0.15, 0.2) is 5.78 Å². The first kappa shape index (κ1) is 11.2. The predicted octanol–water partition coefficient (Wildman–Crippen LogP) is 1.47. The third-order valence-electron chi connectivity index (χ3n) is 2.79. The second-order valence-electron chi connectivity index (χ2n) is 4.42. The number of likely N-dealkylation sites (tertiary alicyclic amines) is 1. The molecule has 1 atom stereocenters. The van der Waals surface area contributed by atoms with Gasteiger partial charge in [0.1, 0.15) is 0 Å². The molecule has 1 rings (SSSR count). The Morgan fingerprint density at radius 1 is 1.57 bits per heavy atom. The molecule has 80 valence electrons. The molecule has 14 heavy (non-hydrogen) atoms. The molecule has 0 saturated carbocycles. The Morgan fingerprint density at radius 2 is 2.21 bits per heavy atom. The quantitative estimate of drug-likeness (QED) is 0.687. The summed E-state index contributed by atoms with van der Waals surface area (Å²) < 4.78 is 0. The molecule has 0 spiro atoms. The van der Waals surface area contributed by atoms with E-state index in [9.17, 15) is 9.59 Å². The van der Waals surface area contributed by atoms with Crippen molar-refractivity contribution in [1.29, 1.82) is 0 Å². The van der Waals surface area contributed by atoms with Crippen LogP contribution in [0.3, 0.4) is 0 Å². The number of amides is 1. The molecule has 1 fully saturated rings. The zero-order chi connectivity index (χ0) is 10.7. The summed E-state index contributed by atoms with van der Waals surface area (Å²) in [4.78, 5) is 24.8. The Kier molecular flexibility index (Phi) is 3.67. The van der Waals surface area contributed by atoms with E-state index in [4.69, 9.17) is 0 Å². The van der Waals surface area contributed by atoms with Crippen molar-refractivity contribution in [3.05, 3.63) is 0 Å². The molecule has 1 unspecified atom stereocenters. The Bertz CT molecular complexity index is 235. The van der Waals surface area contributed by atoms with E-state index in [-0.39, 0.29) is 23.5 Å². The van der Waals surface area contributed by atoms with E-state index in [1.54, 1.807) is 4.90 Å². The topological polar surface area (TPSA) is 37.4 Å². The summed E-state index contributed by atoms with van der Waals surface area (Å²) in [5, 5.41) is 0. The number of piperidine rings is 1. The number of nitrogens with zero attached hydrogens (tertiary/aromatic N) is 1. The minimum Gasteiger partial charge on any atom is -0.335 e. The highest BCUT2D eigenvalue weighted by Crippen LogP contribution is 2.17. The van der Waals surface area contributed by atoms with Crippen molar-refractivity contribution in [2.45, 2.75) is 33.6 Å². The molecule has 3 nitrogen and oxygen atoms in total. The minimum atomic E-state index is 0.0278. The van der Waals surface area contributed by atoms with Crippen LogP contribution in [-0.2, 0) is 9.59 Å². The third-order valence-corrected chi connectivity index (χ3v) is 2.79. The van der Waals surface area contributed by atoms with E-state index in [1.807, 2.05) is 20.8 Å². The molecule has 1 amide bonds. The van der Waals surface area contributed by atoms with Crippen LogP contribution in [0.4, 0.5) is 0 Å². The number of hydrogen-bond acceptors (Lipinski definition) is 2. The van der Waals surface area contributed by atoms with Crippen molar-refractivity contribution >= 4 is 11.7 Å². The van der Waals surface area contributed by atoms with E-state index in [2.05, 4.69) is 0 Å². The number of Topliss-reactive ketones (excluding diaryl/α,β-unsaturated/α-hetero) is 1. The molecule has 1 aliphatic heterocycles. The largest absolute Gasteiger partial charge is 0.335 e. The SMILES string of the molecule is CC(C)C(=O)CN1CCCC(C)C1=O. The second kappa shape index (κ2) is 4.58. The smallest absolute Gasteiger partial charge is 0.225 e. The highest BCUT2D eigenvalue weighted by Gasteiger charge is 2.26. The van der Waals surface area contributed by atoms with E-state index in [0.717, 1.165) is 19.4 Å². The molecule has 1 saturated heterocycles. The van der Waals surface area contributed by atoms with Crippen LogP contribution >= 0.6 is 0 Å². The normalized spacial score (nSPS) is 23.0. The summed E-state index contributed by atoms with van der Waals surface area (Å²) in [5.74, 6) is 0.432. The summed E-state index contributed by atoms with van der Waals surface area (Å²) in [6.45, 7) is 6.75. The van der Waals surface area contributed by atoms with Crippen molar-refractivity contribution in [2.75, 3.05) is 13.1 Å². The van der Waals surface area contributed by atoms with Gasteiger partial charge in [-0.1, -0.05) is 20.8 Å². The fraction of sp³-hybridized carbons (Fsp3) is 0.818. The van der Waals surface area contributed by atoms with Crippen molar-refractivity contribution in [3.8, 4) is 0 Å². The van der Waals surface area contributed by atoms with Gasteiger partial charge in [0.05, 0.1) is 6.54 Å². The number of carbonyl (C=O) groups is 2. The summed E-state index contributed by atoms with van der Waals surface area (Å²) in [5.41, 5.74) is 0. The van der Waals surface area contributed by atoms with Crippen LogP contribution in [0.1, 0.15) is 33.6 Å². The van der Waals surface area contributed by atoms with E-state index in [0.29, 0.717) is 6.54 Å². The van der Waals surface area contributed by atoms with Crippen molar-refractivity contribution < 1.29 is 9.59 Å². The molecule has 1 heterocycles. The highest BCUT2D eigenvalue weighted by atomic mass is 16.2. The van der Waals surface area contributed by atoms with Crippen LogP contribution in [0.5, 0.6) is 0 Å². The molecule has 0 bridgehead atoms. The van der Waals surface area contributed by atoms with Crippen molar-refractivity contribution in [2.24, 2.45) is 11.8 Å². The number of hydrogen-bond donors (Lipinski definition) is 0. The molecule has 0 aromatic rings. The molecule has 0 aromatic carbocycles. The van der Waals surface area contributed by atoms with E-state index < -0.39 is 0 Å². The zero-order valence-electron chi connectivity index (χ0n) is 9.25. The Labute approximate surface area is 85.5 Å². The van der Waals surface area contributed by atoms with Gasteiger partial charge in [-0.05, 0) is 12.8 Å². The minimum absolute atomic E-state index is 0.0278. The van der Waals surface area contributed by atoms with Crippen molar-refractivity contribution in [1.82, 2.24) is 4.90 Å². The molecule has 0 radical (unpaired) electrons. The summed E-state index contributed by atoms with van der Waals surface area (Å²) >= 11 is 0. The number of ketones is 1. The number of rotatable bonds is 3. The van der Waals surface area contributed by atoms with Crippen LogP contribution in [-0.4, -0.2) is 29.7 Å². The first-order chi connectivity index (χ1) is 6.52. The molecular formula is C11H19NO2. The predicted molar refractivity (Wildman–Crippen MR) is 54.8 cm³/mol. The standard InChI is InChI=1S/C11H19NO2/c1-8(2)10(13)7-12-6-4-5-9(3)11(12)14/h8-9H,4-7H2,1-3H3. The average Bonchev–Trinajstić information content (AvgIpc) is 2.12. The van der Waals surface area contributed by atoms with E-state index >= 15 is 0 Å². The Morgan fingerprint density at radius 3 is 2.79 bits per heavy atom. The van der Waals surface area contributed by atoms with Gasteiger partial charge in [0, 0.05) is 18.4 Å². The fourth-order valence-corrected chi connectivity index (χ4v) is 1.66. The highest BCUT2D eigenvalue weighted by molar-refractivity contribution is 5.88. The van der Waals surface area contributed by atoms with Crippen LogP contribution in [0.25, 0.3) is 0 Å². The second-order valence-corrected chi connectivity index (χ2v) is 4.42. The summed E-state index contributed by atoms with van der Waals surface area (Å²) in [6, 6.07) is 0. The summed E-state index contributed by atoms with van der Waals surface area (Å²) in [7, 11) is 0. The molecular weight excluding hydrogens is 178 g/mol. The van der Waals surface area contributed by atoms with Gasteiger partial charge in [0.25, 0.3) is 0 Å². The fourth-order valence-electron chi connectivity index (χ4n) is 1.66. The van der Waals surface area contributed by atoms with Crippen LogP contribution in [0.2, 0.25) is 0 Å². The van der Waals surface area contributed by atoms with Gasteiger partial charge in [-0.3, -0.25) is 9.59 Å². The number of carbonyl (C=O) groups excluding carboxylic acids is 2. The van der Waals surface area contributed by atoms with Crippen LogP contribution in [0.15, 0.2) is 0 Å². The van der Waals surface area contributed by atoms with Gasteiger partial charge < -0.3 is 4.90 Å². The molecule has 0 aromatic heterocycles. The first-order valence-electron chi connectivity index (χ1n) is 5.34. The molecule has 3 heteroatoms. The molecule has 0 N–H and O–H groups in total. The lowest BCUT2D eigenvalue weighted by atomic mass is 9.98. The van der Waals surface area contributed by atoms with Gasteiger partial charge in [-0.25, -0.2) is 0 Å². The van der Waals surface area contributed by atoms with Crippen LogP contribution < -0.4 is 0 Å². The lowest BCUT2D eigenvalue weighted by molar-refractivity contribution is -0.141. The lowest BCUT2D eigenvalue weighted by Gasteiger charge is -2.30. The zero-order valence-corrected chi connectivity index (χ0v) is 9.25. The first-order valence-corrected chi connectivity index (χ1v) is 5.34. The van der Waals surface area contributed by atoms with Gasteiger partial charge in [-0.15, -0.1) is 0 Å². The maximum atomic E-state index is 11.7. The maximum absolute atomic E-state index is 11.7. The lowest BCUT2D eigenvalue weighted by Crippen LogP contribution is -2.43. The third kappa shape index (κ3) is 2.56. The Balaban J connectivity index is 2.51. The van der Waals surface area contributed by atoms with Gasteiger partial charge in [-0.2, -0.15) is 0 Å². The average molecular weight is 197 g/mol. The maximum Gasteiger partial charge on any atom is 0.225 e. The van der Waals surface area contributed by atoms with Crippen molar-refractivity contribution in [3.63, 3.8) is 0 Å². The monoisotopic (exact) mass is 197 g/mol. The van der Waals surface area contributed by atoms with Crippen LogP contribution in [0, 0.1) is 11.8 Å². The molecule has 0 aliphatic carbocycles. The van der Waals surface area contributed by atoms with E-state index in [1.165, 1.54) is 0 Å². The summed E-state index contributed by atoms with van der Waals surface area (Å²) in [6.07, 6.45) is 1.99. The van der Waals surface area contributed by atoms with Gasteiger partial charge >= 0.3 is 0 Å².